The molecule has 3 rings (SSSR count). The molecule has 0 saturated carbocycles. The van der Waals surface area contributed by atoms with Gasteiger partial charge in [0.05, 0.1) is 0 Å². The molecule has 0 radical (unpaired) electrons. The van der Waals surface area contributed by atoms with E-state index in [0.29, 0.717) is 21.5 Å². The van der Waals surface area contributed by atoms with Gasteiger partial charge in [-0.3, -0.25) is 9.32 Å². The molecular weight excluding hydrogens is 362 g/mol. The smallest absolute Gasteiger partial charge is 0.326 e. The number of aromatic nitrogens is 2. The normalized spacial score (nSPS) is 10.6. The van der Waals surface area contributed by atoms with Crippen molar-refractivity contribution in [3.05, 3.63) is 70.0 Å². The van der Waals surface area contributed by atoms with Gasteiger partial charge in [0.1, 0.15) is 0 Å². The highest BCUT2D eigenvalue weighted by Crippen LogP contribution is 2.16. The zero-order valence-corrected chi connectivity index (χ0v) is 14.6. The first-order valence-corrected chi connectivity index (χ1v) is 8.87. The third-order valence-corrected chi connectivity index (χ3v) is 4.56. The molecule has 0 bridgehead atoms. The van der Waals surface area contributed by atoms with Gasteiger partial charge in [0, 0.05) is 35.0 Å². The fraction of sp³-hybridized carbons (Fsp3) is 0.118. The molecule has 0 aliphatic heterocycles. The quantitative estimate of drug-likeness (QED) is 0.512. The number of benzene rings is 2. The maximum absolute atomic E-state index is 12.0. The fourth-order valence-electron chi connectivity index (χ4n) is 2.16. The standard InChI is InChI=1S/C17H14ClN3O3S/c18-12-5-4-6-13(11-12)19-15(22)9-10-25-16-17(23)24-20-21(16)14-7-2-1-3-8-14/h1-8,11H,9-10H2,(H-,19,20,22,23)/p+1. The topological polar surface area (TPSA) is 79.0 Å². The lowest BCUT2D eigenvalue weighted by molar-refractivity contribution is -0.704. The molecule has 8 heteroatoms. The molecule has 0 unspecified atom stereocenters. The molecule has 1 amide bonds. The minimum Gasteiger partial charge on any atom is -0.326 e. The van der Waals surface area contributed by atoms with E-state index in [4.69, 9.17) is 16.1 Å². The Hall–Kier alpha value is -2.51. The molecule has 0 aliphatic carbocycles. The number of anilines is 1. The Labute approximate surface area is 152 Å². The number of rotatable bonds is 6. The summed E-state index contributed by atoms with van der Waals surface area (Å²) in [5, 5.41) is 6.29. The van der Waals surface area contributed by atoms with Crippen LogP contribution in [0.4, 0.5) is 5.69 Å². The summed E-state index contributed by atoms with van der Waals surface area (Å²) < 4.78 is 6.42. The number of nitrogens with one attached hydrogen (secondary N) is 2. The Morgan fingerprint density at radius 3 is 2.76 bits per heavy atom. The summed E-state index contributed by atoms with van der Waals surface area (Å²) >= 11 is 7.14. The zero-order valence-electron chi connectivity index (χ0n) is 13.1. The van der Waals surface area contributed by atoms with Crippen molar-refractivity contribution in [2.24, 2.45) is 0 Å². The second-order valence-corrected chi connectivity index (χ2v) is 6.63. The fourth-order valence-corrected chi connectivity index (χ4v) is 3.27. The number of nitrogens with zero attached hydrogens (tertiary/aromatic N) is 1. The minimum absolute atomic E-state index is 0.152. The second-order valence-electron chi connectivity index (χ2n) is 5.11. The highest BCUT2D eigenvalue weighted by atomic mass is 35.5. The second kappa shape index (κ2) is 8.04. The molecule has 128 valence electrons. The van der Waals surface area contributed by atoms with Gasteiger partial charge in [-0.15, -0.1) is 0 Å². The van der Waals surface area contributed by atoms with E-state index in [1.165, 1.54) is 11.8 Å². The van der Waals surface area contributed by atoms with Crippen molar-refractivity contribution in [3.63, 3.8) is 0 Å². The number of hydrogen-bond donors (Lipinski definition) is 2. The van der Waals surface area contributed by atoms with Crippen LogP contribution in [0, 0.1) is 0 Å². The molecule has 0 aliphatic rings. The predicted molar refractivity (Wildman–Crippen MR) is 96.3 cm³/mol. The summed E-state index contributed by atoms with van der Waals surface area (Å²) in [5.74, 6) is 0.280. The van der Waals surface area contributed by atoms with E-state index in [-0.39, 0.29) is 12.3 Å². The van der Waals surface area contributed by atoms with Crippen LogP contribution >= 0.6 is 23.4 Å². The van der Waals surface area contributed by atoms with Gasteiger partial charge >= 0.3 is 10.7 Å². The third kappa shape index (κ3) is 4.52. The summed E-state index contributed by atoms with van der Waals surface area (Å²) in [6, 6.07) is 16.2. The summed E-state index contributed by atoms with van der Waals surface area (Å²) in [5.41, 5.74) is 0.950. The van der Waals surface area contributed by atoms with Crippen LogP contribution in [0.5, 0.6) is 0 Å². The van der Waals surface area contributed by atoms with Crippen LogP contribution < -0.4 is 15.6 Å². The van der Waals surface area contributed by atoms with Crippen LogP contribution in [-0.4, -0.2) is 16.9 Å². The lowest BCUT2D eigenvalue weighted by Gasteiger charge is -2.04. The lowest BCUT2D eigenvalue weighted by Crippen LogP contribution is -2.36. The average Bonchev–Trinajstić information content (AvgIpc) is 2.97. The van der Waals surface area contributed by atoms with Crippen LogP contribution in [0.25, 0.3) is 5.69 Å². The molecular formula is C17H15ClN3O3S+. The van der Waals surface area contributed by atoms with Crippen molar-refractivity contribution >= 4 is 35.0 Å². The molecule has 6 nitrogen and oxygen atoms in total. The first-order valence-electron chi connectivity index (χ1n) is 7.50. The van der Waals surface area contributed by atoms with Gasteiger partial charge in [-0.25, -0.2) is 4.79 Å². The number of para-hydroxylation sites is 1. The molecule has 25 heavy (non-hydrogen) atoms. The van der Waals surface area contributed by atoms with Crippen molar-refractivity contribution < 1.29 is 14.0 Å². The minimum atomic E-state index is -0.468. The zero-order chi connectivity index (χ0) is 17.6. The third-order valence-electron chi connectivity index (χ3n) is 3.30. The number of carbonyl (C=O) groups excluding carboxylic acids is 1. The monoisotopic (exact) mass is 376 g/mol. The van der Waals surface area contributed by atoms with E-state index >= 15 is 0 Å². The average molecular weight is 377 g/mol. The van der Waals surface area contributed by atoms with Crippen molar-refractivity contribution in [2.75, 3.05) is 11.1 Å². The first-order chi connectivity index (χ1) is 12.1. The van der Waals surface area contributed by atoms with E-state index < -0.39 is 5.63 Å². The maximum Gasteiger partial charge on any atom is 0.442 e. The Kier molecular flexibility index (Phi) is 5.57. The lowest BCUT2D eigenvalue weighted by atomic mass is 10.3. The molecule has 3 aromatic rings. The van der Waals surface area contributed by atoms with E-state index in [1.807, 2.05) is 30.3 Å². The van der Waals surface area contributed by atoms with Crippen molar-refractivity contribution in [2.45, 2.75) is 11.4 Å². The Morgan fingerprint density at radius 1 is 1.20 bits per heavy atom. The van der Waals surface area contributed by atoms with Gasteiger partial charge in [0.2, 0.25) is 11.6 Å². The molecule has 1 heterocycles. The molecule has 2 aromatic carbocycles. The van der Waals surface area contributed by atoms with Crippen LogP contribution in [0.3, 0.4) is 0 Å². The van der Waals surface area contributed by atoms with Crippen LogP contribution in [0.2, 0.25) is 5.02 Å². The number of amides is 1. The SMILES string of the molecule is O=C(CCSc1c(=O)o[nH][n+]1-c1ccccc1)Nc1cccc(Cl)c1. The molecule has 2 N–H and O–H groups in total. The summed E-state index contributed by atoms with van der Waals surface area (Å²) in [7, 11) is 0. The Bertz CT molecular complexity index is 924. The van der Waals surface area contributed by atoms with E-state index in [2.05, 4.69) is 10.6 Å². The van der Waals surface area contributed by atoms with Gasteiger partial charge < -0.3 is 5.32 Å². The van der Waals surface area contributed by atoms with Crippen LogP contribution in [-0.2, 0) is 4.79 Å². The number of hydrogen-bond acceptors (Lipinski definition) is 4. The van der Waals surface area contributed by atoms with Crippen LogP contribution in [0.1, 0.15) is 6.42 Å². The number of aromatic amines is 1. The van der Waals surface area contributed by atoms with Crippen molar-refractivity contribution in [1.29, 1.82) is 0 Å². The summed E-state index contributed by atoms with van der Waals surface area (Å²) in [4.78, 5) is 23.9. The maximum atomic E-state index is 12.0. The highest BCUT2D eigenvalue weighted by Gasteiger charge is 2.23. The highest BCUT2D eigenvalue weighted by molar-refractivity contribution is 7.99. The van der Waals surface area contributed by atoms with Gasteiger partial charge in [-0.2, -0.15) is 0 Å². The van der Waals surface area contributed by atoms with Crippen molar-refractivity contribution in [3.8, 4) is 5.69 Å². The van der Waals surface area contributed by atoms with Gasteiger partial charge in [-0.1, -0.05) is 35.9 Å². The number of halogens is 1. The Balaban J connectivity index is 1.60. The number of H-pyrrole nitrogens is 1. The number of thioether (sulfide) groups is 1. The Morgan fingerprint density at radius 2 is 2.00 bits per heavy atom. The van der Waals surface area contributed by atoms with Gasteiger partial charge in [0.25, 0.3) is 0 Å². The molecule has 1 aromatic heterocycles. The van der Waals surface area contributed by atoms with E-state index in [0.717, 1.165) is 5.69 Å². The summed E-state index contributed by atoms with van der Waals surface area (Å²) in [6.45, 7) is 0. The predicted octanol–water partition coefficient (Wildman–Crippen LogP) is 3.02. The van der Waals surface area contributed by atoms with Crippen LogP contribution in [0.15, 0.2) is 68.9 Å². The summed E-state index contributed by atoms with van der Waals surface area (Å²) in [6.07, 6.45) is 0.247. The van der Waals surface area contributed by atoms with Gasteiger partial charge in [-0.05, 0) is 39.9 Å². The molecule has 0 saturated heterocycles. The van der Waals surface area contributed by atoms with E-state index in [1.54, 1.807) is 28.9 Å². The van der Waals surface area contributed by atoms with Gasteiger partial charge in [0.15, 0.2) is 0 Å². The molecule has 0 fully saturated rings. The van der Waals surface area contributed by atoms with Crippen molar-refractivity contribution in [1.82, 2.24) is 5.27 Å². The molecule has 0 spiro atoms. The largest absolute Gasteiger partial charge is 0.442 e. The van der Waals surface area contributed by atoms with E-state index in [9.17, 15) is 9.59 Å². The molecule has 0 atom stereocenters. The number of carbonyl (C=O) groups is 1. The first kappa shape index (κ1) is 17.3.